The van der Waals surface area contributed by atoms with E-state index in [2.05, 4.69) is 36.6 Å². The van der Waals surface area contributed by atoms with Crippen molar-refractivity contribution < 1.29 is 104 Å². The summed E-state index contributed by atoms with van der Waals surface area (Å²) in [5.74, 6) is -6.14. The van der Waals surface area contributed by atoms with Gasteiger partial charge in [-0.1, -0.05) is 192 Å². The zero-order valence-corrected chi connectivity index (χ0v) is 53.3. The Morgan fingerprint density at radius 3 is 1.55 bits per heavy atom. The van der Waals surface area contributed by atoms with Gasteiger partial charge in [-0.2, -0.15) is 0 Å². The van der Waals surface area contributed by atoms with Gasteiger partial charge in [0.2, 0.25) is 11.8 Å². The molecule has 0 bridgehead atoms. The zero-order chi connectivity index (χ0) is 64.7. The van der Waals surface area contributed by atoms with Crippen molar-refractivity contribution in [3.8, 4) is 0 Å². The molecule has 23 nitrogen and oxygen atoms in total. The van der Waals surface area contributed by atoms with Gasteiger partial charge in [-0.15, -0.1) is 0 Å². The van der Waals surface area contributed by atoms with Crippen LogP contribution in [0.4, 0.5) is 0 Å². The minimum absolute atomic E-state index is 0.200. The highest BCUT2D eigenvalue weighted by atomic mass is 16.8. The number of ether oxygens (including phenoxy) is 6. The van der Waals surface area contributed by atoms with E-state index >= 15 is 0 Å². The summed E-state index contributed by atoms with van der Waals surface area (Å²) in [5.41, 5.74) is 0. The molecule has 88 heavy (non-hydrogen) atoms. The van der Waals surface area contributed by atoms with Gasteiger partial charge >= 0.3 is 5.97 Å². The van der Waals surface area contributed by atoms with Crippen LogP contribution in [0.25, 0.3) is 0 Å². The second-order valence-corrected chi connectivity index (χ2v) is 24.7. The Hall–Kier alpha value is -2.79. The molecular formula is C65H118N2O21. The van der Waals surface area contributed by atoms with Crippen molar-refractivity contribution in [1.82, 2.24) is 10.6 Å². The van der Waals surface area contributed by atoms with Crippen molar-refractivity contribution in [2.75, 3.05) is 26.4 Å². The van der Waals surface area contributed by atoms with Crippen LogP contribution in [0.3, 0.4) is 0 Å². The topological polar surface area (TPSA) is 373 Å². The molecule has 3 aliphatic heterocycles. The Labute approximate surface area is 523 Å². The summed E-state index contributed by atoms with van der Waals surface area (Å²) in [6.45, 7) is 2.11. The maximum absolute atomic E-state index is 13.4. The highest BCUT2D eigenvalue weighted by molar-refractivity contribution is 5.77. The average molecular weight is 1260 g/mol. The van der Waals surface area contributed by atoms with Gasteiger partial charge in [-0.3, -0.25) is 9.59 Å². The lowest BCUT2D eigenvalue weighted by atomic mass is 9.88. The van der Waals surface area contributed by atoms with E-state index < -0.39 is 155 Å². The lowest BCUT2D eigenvalue weighted by molar-refractivity contribution is -0.386. The standard InChI is InChI=1S/C65H118N2O21/c1-4-6-8-10-12-14-16-18-19-20-21-22-23-24-25-27-29-31-33-35-37-39-52(75)67-46(47(72)38-36-34-32-30-28-26-17-15-13-11-9-7-5-2)44-83-62-57(79)56(78)59(51(43-70)85-62)86-63-58(80)61(55(77)50(42-69)84-63)88-65(64(81)82)40-48(73)53(66-45(3)71)60(87-65)54(76)49(74)41-68/h18-19,36,38,46-51,53-63,68-70,72-74,76-80H,4-17,20-35,37,39-44H2,1-3H3,(H,66,71)(H,67,75)(H,81,82)/b19-18-,38-36+/t46-,47+,48-,49+,50+,51+,53+,54+,55-,56+,57+,58+,59+,60+,61-,62+,63-,65-/m0/s1. The number of hydrogen-bond acceptors (Lipinski definition) is 20. The fourth-order valence-electron chi connectivity index (χ4n) is 11.7. The molecule has 0 radical (unpaired) electrons. The molecule has 0 aromatic heterocycles. The zero-order valence-electron chi connectivity index (χ0n) is 53.3. The monoisotopic (exact) mass is 1260 g/mol. The molecular weight excluding hydrogens is 1140 g/mol. The van der Waals surface area contributed by atoms with Crippen molar-refractivity contribution in [3.63, 3.8) is 0 Å². The molecule has 0 unspecified atom stereocenters. The first kappa shape index (κ1) is 79.4. The Morgan fingerprint density at radius 1 is 0.591 bits per heavy atom. The molecule has 18 atom stereocenters. The number of allylic oxidation sites excluding steroid dienone is 3. The van der Waals surface area contributed by atoms with Crippen LogP contribution in [0.2, 0.25) is 0 Å². The number of hydrogen-bond donors (Lipinski definition) is 14. The number of nitrogens with one attached hydrogen (secondary N) is 2. The molecule has 2 amide bonds. The SMILES string of the molecule is CCCCCCCC/C=C\CCCCCCCCCCCCCC(=O)N[C@@H](CO[C@@H]1O[C@H](CO)[C@@H](O[C@@H]2O[C@H](CO)[C@H](O)[C@H](O[C@]3(C(=O)O)C[C@H](O)[C@@H](NC(C)=O)[C@H]([C@H](O)[C@H](O)CO)O3)[C@H]2O)[C@H](O)[C@H]1O)[C@H](O)/C=C/CCCCCCCCCCCCC. The fraction of sp³-hybridized carbons (Fsp3) is 0.892. The predicted octanol–water partition coefficient (Wildman–Crippen LogP) is 5.28. The summed E-state index contributed by atoms with van der Waals surface area (Å²) in [5, 5.41) is 136. The molecule has 3 heterocycles. The number of aliphatic hydroxyl groups is 11. The quantitative estimate of drug-likeness (QED) is 0.0272. The molecule has 14 N–H and O–H groups in total. The van der Waals surface area contributed by atoms with E-state index in [-0.39, 0.29) is 12.3 Å². The second-order valence-electron chi connectivity index (χ2n) is 24.7. The van der Waals surface area contributed by atoms with Crippen molar-refractivity contribution in [1.29, 1.82) is 0 Å². The van der Waals surface area contributed by atoms with Gasteiger partial charge in [0.15, 0.2) is 12.6 Å². The van der Waals surface area contributed by atoms with Crippen molar-refractivity contribution in [2.45, 2.75) is 342 Å². The second kappa shape index (κ2) is 46.3. The van der Waals surface area contributed by atoms with Gasteiger partial charge in [-0.25, -0.2) is 4.79 Å². The fourth-order valence-corrected chi connectivity index (χ4v) is 11.7. The highest BCUT2D eigenvalue weighted by Gasteiger charge is 2.60. The molecule has 0 aromatic rings. The number of aliphatic hydroxyl groups excluding tert-OH is 11. The summed E-state index contributed by atoms with van der Waals surface area (Å²) in [4.78, 5) is 38.5. The summed E-state index contributed by atoms with van der Waals surface area (Å²) >= 11 is 0. The van der Waals surface area contributed by atoms with E-state index in [4.69, 9.17) is 28.4 Å². The Kier molecular flexibility index (Phi) is 41.8. The van der Waals surface area contributed by atoms with Gasteiger partial charge in [0.25, 0.3) is 5.79 Å². The third-order valence-corrected chi connectivity index (χ3v) is 17.1. The summed E-state index contributed by atoms with van der Waals surface area (Å²) < 4.78 is 34.7. The van der Waals surface area contributed by atoms with E-state index in [1.807, 2.05) is 6.08 Å². The number of aliphatic carboxylic acids is 1. The first-order chi connectivity index (χ1) is 42.4. The highest BCUT2D eigenvalue weighted by Crippen LogP contribution is 2.39. The third kappa shape index (κ3) is 29.0. The average Bonchev–Trinajstić information content (AvgIpc) is 0.825. The Balaban J connectivity index is 1.60. The van der Waals surface area contributed by atoms with Crippen LogP contribution in [-0.2, 0) is 42.8 Å². The van der Waals surface area contributed by atoms with Crippen molar-refractivity contribution in [3.05, 3.63) is 24.3 Å². The van der Waals surface area contributed by atoms with Crippen molar-refractivity contribution in [2.24, 2.45) is 0 Å². The molecule has 3 fully saturated rings. The van der Waals surface area contributed by atoms with E-state index in [1.165, 1.54) is 141 Å². The predicted molar refractivity (Wildman–Crippen MR) is 329 cm³/mol. The Bertz CT molecular complexity index is 1890. The summed E-state index contributed by atoms with van der Waals surface area (Å²) in [6, 6.07) is -2.62. The number of unbranched alkanes of at least 4 members (excludes halogenated alkanes) is 28. The lowest BCUT2D eigenvalue weighted by Gasteiger charge is -2.50. The largest absolute Gasteiger partial charge is 0.477 e. The summed E-state index contributed by atoms with van der Waals surface area (Å²) in [6.07, 6.45) is 15.1. The van der Waals surface area contributed by atoms with Gasteiger partial charge in [0.1, 0.15) is 67.1 Å². The van der Waals surface area contributed by atoms with Gasteiger partial charge in [0, 0.05) is 19.8 Å². The van der Waals surface area contributed by atoms with E-state index in [9.17, 15) is 75.7 Å². The number of carbonyl (C=O) groups excluding carboxylic acids is 2. The number of amides is 2. The van der Waals surface area contributed by atoms with Crippen LogP contribution in [-0.4, -0.2) is 215 Å². The molecule has 3 rings (SSSR count). The molecule has 23 heteroatoms. The number of carboxylic acid groups (broad SMARTS) is 1. The van der Waals surface area contributed by atoms with Crippen LogP contribution in [0.1, 0.15) is 233 Å². The number of carboxylic acids is 1. The van der Waals surface area contributed by atoms with Crippen LogP contribution in [0.15, 0.2) is 24.3 Å². The third-order valence-electron chi connectivity index (χ3n) is 17.1. The van der Waals surface area contributed by atoms with E-state index in [0.717, 1.165) is 51.9 Å². The lowest BCUT2D eigenvalue weighted by Crippen LogP contribution is -2.70. The maximum Gasteiger partial charge on any atom is 0.364 e. The molecule has 3 aliphatic rings. The summed E-state index contributed by atoms with van der Waals surface area (Å²) in [7, 11) is 0. The first-order valence-corrected chi connectivity index (χ1v) is 33.7. The normalized spacial score (nSPS) is 29.1. The van der Waals surface area contributed by atoms with E-state index in [0.29, 0.717) is 12.8 Å². The Morgan fingerprint density at radius 2 is 1.07 bits per heavy atom. The van der Waals surface area contributed by atoms with Gasteiger partial charge in [-0.05, 0) is 44.9 Å². The molecule has 0 saturated carbocycles. The smallest absolute Gasteiger partial charge is 0.364 e. The molecule has 3 saturated heterocycles. The number of rotatable bonds is 50. The van der Waals surface area contributed by atoms with Crippen LogP contribution < -0.4 is 10.6 Å². The number of carbonyl (C=O) groups is 3. The van der Waals surface area contributed by atoms with Gasteiger partial charge in [0.05, 0.1) is 50.7 Å². The minimum atomic E-state index is -3.08. The first-order valence-electron chi connectivity index (χ1n) is 33.7. The molecule has 514 valence electrons. The van der Waals surface area contributed by atoms with Crippen LogP contribution in [0.5, 0.6) is 0 Å². The van der Waals surface area contributed by atoms with Gasteiger partial charge < -0.3 is 100 Å². The molecule has 0 spiro atoms. The van der Waals surface area contributed by atoms with Crippen LogP contribution in [0, 0.1) is 0 Å². The van der Waals surface area contributed by atoms with E-state index in [1.54, 1.807) is 6.08 Å². The molecule has 0 aromatic carbocycles. The molecule has 0 aliphatic carbocycles. The van der Waals surface area contributed by atoms with Crippen molar-refractivity contribution >= 4 is 17.8 Å². The maximum atomic E-state index is 13.4. The van der Waals surface area contributed by atoms with Crippen LogP contribution >= 0.6 is 0 Å². The minimum Gasteiger partial charge on any atom is -0.477 e.